The molecule has 2 atom stereocenters. The van der Waals surface area contributed by atoms with E-state index in [9.17, 15) is 19.2 Å². The van der Waals surface area contributed by atoms with Crippen molar-refractivity contribution in [3.63, 3.8) is 0 Å². The number of hydrogen-bond donors (Lipinski definition) is 0. The molecule has 0 radical (unpaired) electrons. The summed E-state index contributed by atoms with van der Waals surface area (Å²) in [7, 11) is 1.19. The molecule has 1 aliphatic heterocycles. The van der Waals surface area contributed by atoms with Gasteiger partial charge in [-0.2, -0.15) is 0 Å². The highest BCUT2D eigenvalue weighted by Crippen LogP contribution is 2.31. The Morgan fingerprint density at radius 2 is 1.95 bits per heavy atom. The predicted octanol–water partition coefficient (Wildman–Crippen LogP) is -0.124. The number of methoxy groups -OCH3 is 1. The molecule has 19 heavy (non-hydrogen) atoms. The monoisotopic (exact) mass is 271 g/mol. The van der Waals surface area contributed by atoms with E-state index in [-0.39, 0.29) is 19.4 Å². The number of β-lactam (4-membered cyclic amide) rings is 1. The van der Waals surface area contributed by atoms with Crippen molar-refractivity contribution in [3.05, 3.63) is 0 Å². The Bertz CT molecular complexity index is 405. The summed E-state index contributed by atoms with van der Waals surface area (Å²) >= 11 is 0. The van der Waals surface area contributed by atoms with Gasteiger partial charge >= 0.3 is 11.9 Å². The van der Waals surface area contributed by atoms with E-state index in [1.54, 1.807) is 6.92 Å². The topological polar surface area (TPSA) is 90.0 Å². The van der Waals surface area contributed by atoms with Gasteiger partial charge in [0.15, 0.2) is 0 Å². The van der Waals surface area contributed by atoms with Gasteiger partial charge in [0.25, 0.3) is 0 Å². The first-order valence-electron chi connectivity index (χ1n) is 6.01. The van der Waals surface area contributed by atoms with Crippen LogP contribution in [0.3, 0.4) is 0 Å². The lowest BCUT2D eigenvalue weighted by atomic mass is 9.83. The first-order chi connectivity index (χ1) is 8.93. The summed E-state index contributed by atoms with van der Waals surface area (Å²) in [5.74, 6) is -2.73. The van der Waals surface area contributed by atoms with E-state index in [4.69, 9.17) is 4.74 Å². The highest BCUT2D eigenvalue weighted by atomic mass is 16.5. The van der Waals surface area contributed by atoms with E-state index in [1.165, 1.54) is 14.0 Å². The number of carbonyl (C=O) groups excluding carboxylic acids is 4. The molecule has 0 bridgehead atoms. The fraction of sp³-hybridized carbons (Fsp3) is 0.667. The third kappa shape index (κ3) is 3.10. The Labute approximate surface area is 110 Å². The standard InChI is InChI=1S/C12H17NO6/c1-4-19-9(15)6-5-8-10(12(17)18-3)13(7(2)14)11(8)16/h8,10H,4-6H2,1-3H3/t8-,10-/m1/s1. The van der Waals surface area contributed by atoms with E-state index in [0.717, 1.165) is 4.90 Å². The first-order valence-corrected chi connectivity index (χ1v) is 6.01. The molecule has 1 rings (SSSR count). The zero-order chi connectivity index (χ0) is 14.6. The maximum atomic E-state index is 11.7. The summed E-state index contributed by atoms with van der Waals surface area (Å²) in [5, 5.41) is 0. The Morgan fingerprint density at radius 1 is 1.32 bits per heavy atom. The Kier molecular flexibility index (Phi) is 5.02. The number of hydrogen-bond acceptors (Lipinski definition) is 6. The molecule has 2 amide bonds. The molecule has 0 saturated carbocycles. The summed E-state index contributed by atoms with van der Waals surface area (Å²) in [6, 6.07) is -0.926. The van der Waals surface area contributed by atoms with Crippen molar-refractivity contribution in [2.45, 2.75) is 32.7 Å². The molecule has 1 saturated heterocycles. The second-order valence-electron chi connectivity index (χ2n) is 4.15. The van der Waals surface area contributed by atoms with Crippen molar-refractivity contribution in [2.75, 3.05) is 13.7 Å². The predicted molar refractivity (Wildman–Crippen MR) is 62.7 cm³/mol. The average molecular weight is 271 g/mol. The summed E-state index contributed by atoms with van der Waals surface area (Å²) in [6.45, 7) is 3.15. The number of amides is 2. The fourth-order valence-corrected chi connectivity index (χ4v) is 2.08. The molecule has 0 unspecified atom stereocenters. The molecule has 0 N–H and O–H groups in total. The van der Waals surface area contributed by atoms with Crippen LogP contribution in [0.4, 0.5) is 0 Å². The van der Waals surface area contributed by atoms with Crippen LogP contribution >= 0.6 is 0 Å². The number of rotatable bonds is 5. The summed E-state index contributed by atoms with van der Waals surface area (Å²) in [5.41, 5.74) is 0. The molecule has 1 heterocycles. The number of carbonyl (C=O) groups is 4. The fourth-order valence-electron chi connectivity index (χ4n) is 2.08. The van der Waals surface area contributed by atoms with Gasteiger partial charge in [-0.05, 0) is 13.3 Å². The van der Waals surface area contributed by atoms with Crippen molar-refractivity contribution in [1.29, 1.82) is 0 Å². The van der Waals surface area contributed by atoms with Gasteiger partial charge in [-0.1, -0.05) is 0 Å². The highest BCUT2D eigenvalue weighted by Gasteiger charge is 2.53. The Balaban J connectivity index is 2.66. The maximum Gasteiger partial charge on any atom is 0.329 e. The average Bonchev–Trinajstić information content (AvgIpc) is 2.34. The van der Waals surface area contributed by atoms with Crippen LogP contribution in [0.1, 0.15) is 26.7 Å². The third-order valence-corrected chi connectivity index (χ3v) is 2.96. The van der Waals surface area contributed by atoms with E-state index in [1.807, 2.05) is 0 Å². The molecule has 0 aromatic rings. The lowest BCUT2D eigenvalue weighted by molar-refractivity contribution is -0.178. The third-order valence-electron chi connectivity index (χ3n) is 2.96. The summed E-state index contributed by atoms with van der Waals surface area (Å²) in [6.07, 6.45) is 0.199. The van der Waals surface area contributed by atoms with Crippen LogP contribution in [-0.4, -0.2) is 48.4 Å². The second-order valence-corrected chi connectivity index (χ2v) is 4.15. The van der Waals surface area contributed by atoms with Crippen LogP contribution in [0.15, 0.2) is 0 Å². The largest absolute Gasteiger partial charge is 0.467 e. The Hall–Kier alpha value is -1.92. The van der Waals surface area contributed by atoms with Crippen LogP contribution in [0.5, 0.6) is 0 Å². The normalized spacial score (nSPS) is 21.6. The number of imide groups is 1. The van der Waals surface area contributed by atoms with Gasteiger partial charge in [0, 0.05) is 13.3 Å². The van der Waals surface area contributed by atoms with Gasteiger partial charge < -0.3 is 9.47 Å². The van der Waals surface area contributed by atoms with Gasteiger partial charge in [0.1, 0.15) is 6.04 Å². The van der Waals surface area contributed by atoms with Gasteiger partial charge in [-0.3, -0.25) is 19.3 Å². The van der Waals surface area contributed by atoms with E-state index in [0.29, 0.717) is 0 Å². The number of likely N-dealkylation sites (tertiary alicyclic amines) is 1. The van der Waals surface area contributed by atoms with Crippen LogP contribution in [0, 0.1) is 5.92 Å². The Morgan fingerprint density at radius 3 is 2.42 bits per heavy atom. The molecule has 0 aromatic carbocycles. The molecule has 106 valence electrons. The van der Waals surface area contributed by atoms with Crippen LogP contribution in [0.2, 0.25) is 0 Å². The van der Waals surface area contributed by atoms with E-state index in [2.05, 4.69) is 4.74 Å². The maximum absolute atomic E-state index is 11.7. The van der Waals surface area contributed by atoms with Gasteiger partial charge in [-0.15, -0.1) is 0 Å². The van der Waals surface area contributed by atoms with Crippen molar-refractivity contribution in [3.8, 4) is 0 Å². The molecule has 7 heteroatoms. The van der Waals surface area contributed by atoms with Gasteiger partial charge in [0.2, 0.25) is 11.8 Å². The van der Waals surface area contributed by atoms with Gasteiger partial charge in [0.05, 0.1) is 19.6 Å². The van der Waals surface area contributed by atoms with Crippen LogP contribution in [0.25, 0.3) is 0 Å². The summed E-state index contributed by atoms with van der Waals surface area (Å²) in [4.78, 5) is 46.6. The van der Waals surface area contributed by atoms with Crippen molar-refractivity contribution < 1.29 is 28.7 Å². The highest BCUT2D eigenvalue weighted by molar-refractivity contribution is 6.07. The molecule has 0 aliphatic carbocycles. The van der Waals surface area contributed by atoms with E-state index >= 15 is 0 Å². The minimum absolute atomic E-state index is 0.0312. The molecule has 1 fully saturated rings. The minimum atomic E-state index is -0.926. The molecule has 0 spiro atoms. The number of ether oxygens (including phenoxy) is 2. The number of nitrogens with zero attached hydrogens (tertiary/aromatic N) is 1. The zero-order valence-electron chi connectivity index (χ0n) is 11.2. The molecular formula is C12H17NO6. The molecule has 1 aliphatic rings. The minimum Gasteiger partial charge on any atom is -0.467 e. The van der Waals surface area contributed by atoms with Crippen molar-refractivity contribution in [2.24, 2.45) is 5.92 Å². The first kappa shape index (κ1) is 15.1. The zero-order valence-corrected chi connectivity index (χ0v) is 11.2. The van der Waals surface area contributed by atoms with Crippen molar-refractivity contribution >= 4 is 23.8 Å². The lowest BCUT2D eigenvalue weighted by Crippen LogP contribution is -2.66. The molecular weight excluding hydrogens is 254 g/mol. The van der Waals surface area contributed by atoms with Crippen molar-refractivity contribution in [1.82, 2.24) is 4.90 Å². The van der Waals surface area contributed by atoms with Crippen LogP contribution < -0.4 is 0 Å². The number of esters is 2. The SMILES string of the molecule is CCOC(=O)CC[C@H]1C(=O)N(C(C)=O)[C@H]1C(=O)OC. The summed E-state index contributed by atoms with van der Waals surface area (Å²) < 4.78 is 9.31. The van der Waals surface area contributed by atoms with Crippen LogP contribution in [-0.2, 0) is 28.7 Å². The van der Waals surface area contributed by atoms with Gasteiger partial charge in [-0.25, -0.2) is 4.79 Å². The van der Waals surface area contributed by atoms with E-state index < -0.39 is 35.7 Å². The smallest absolute Gasteiger partial charge is 0.329 e. The lowest BCUT2D eigenvalue weighted by Gasteiger charge is -2.43. The second kappa shape index (κ2) is 6.31. The molecule has 0 aromatic heterocycles. The quantitative estimate of drug-likeness (QED) is 0.511. The molecule has 7 nitrogen and oxygen atoms in total.